The third kappa shape index (κ3) is 4.28. The van der Waals surface area contributed by atoms with Crippen LogP contribution < -0.4 is 5.32 Å². The van der Waals surface area contributed by atoms with E-state index < -0.39 is 18.0 Å². The van der Waals surface area contributed by atoms with Crippen LogP contribution in [0.5, 0.6) is 0 Å². The van der Waals surface area contributed by atoms with Gasteiger partial charge >= 0.3 is 6.09 Å². The lowest BCUT2D eigenvalue weighted by molar-refractivity contribution is 0.121. The first kappa shape index (κ1) is 20.9. The summed E-state index contributed by atoms with van der Waals surface area (Å²) in [6.07, 6.45) is -0.367. The number of hydrogen-bond donors (Lipinski definition) is 1. The molecular weight excluding hydrogens is 417 g/mol. The fourth-order valence-electron chi connectivity index (χ4n) is 3.46. The Balaban J connectivity index is 1.68. The predicted molar refractivity (Wildman–Crippen MR) is 121 cm³/mol. The molecule has 31 heavy (non-hydrogen) atoms. The minimum atomic E-state index is -0.689. The standard InChI is InChI=1S/C25H21ClFNO3/c1-3-16-11-13-17(14-12-16)23-22(19-8-6-10-21(27)24(19)31-23)28-25(29)30-15(2)18-7-4-5-9-20(18)26/h4-15H,3H2,1-2H3,(H,28,29). The Hall–Kier alpha value is -3.31. The van der Waals surface area contributed by atoms with Crippen molar-refractivity contribution < 1.29 is 18.3 Å². The molecule has 1 amide bonds. The molecule has 0 saturated carbocycles. The van der Waals surface area contributed by atoms with Crippen molar-refractivity contribution in [2.24, 2.45) is 0 Å². The van der Waals surface area contributed by atoms with Crippen molar-refractivity contribution in [1.82, 2.24) is 0 Å². The number of nitrogens with one attached hydrogen (secondary N) is 1. The second-order valence-corrected chi connectivity index (χ2v) is 7.57. The molecule has 0 saturated heterocycles. The largest absolute Gasteiger partial charge is 0.451 e. The number of benzene rings is 3. The molecule has 1 N–H and O–H groups in total. The molecule has 0 spiro atoms. The van der Waals surface area contributed by atoms with Gasteiger partial charge < -0.3 is 9.15 Å². The highest BCUT2D eigenvalue weighted by molar-refractivity contribution is 6.31. The molecule has 0 bridgehead atoms. The topological polar surface area (TPSA) is 51.5 Å². The monoisotopic (exact) mass is 437 g/mol. The minimum Gasteiger partial charge on any atom is -0.451 e. The zero-order chi connectivity index (χ0) is 22.0. The third-order valence-electron chi connectivity index (χ3n) is 5.15. The Morgan fingerprint density at radius 3 is 2.55 bits per heavy atom. The lowest BCUT2D eigenvalue weighted by Crippen LogP contribution is -2.16. The smallest absolute Gasteiger partial charge is 0.412 e. The number of rotatable bonds is 5. The number of carbonyl (C=O) groups excluding carboxylic acids is 1. The molecule has 0 aliphatic carbocycles. The van der Waals surface area contributed by atoms with Crippen molar-refractivity contribution >= 4 is 34.4 Å². The van der Waals surface area contributed by atoms with Crippen LogP contribution in [0.2, 0.25) is 5.02 Å². The zero-order valence-corrected chi connectivity index (χ0v) is 17.9. The Morgan fingerprint density at radius 2 is 1.84 bits per heavy atom. The Bertz CT molecular complexity index is 1230. The van der Waals surface area contributed by atoms with Gasteiger partial charge in [0.15, 0.2) is 17.2 Å². The van der Waals surface area contributed by atoms with Gasteiger partial charge in [-0.25, -0.2) is 9.18 Å². The molecule has 4 aromatic rings. The van der Waals surface area contributed by atoms with Crippen molar-refractivity contribution in [1.29, 1.82) is 0 Å². The number of carbonyl (C=O) groups is 1. The first-order valence-corrected chi connectivity index (χ1v) is 10.4. The molecule has 4 nitrogen and oxygen atoms in total. The number of aryl methyl sites for hydroxylation is 1. The molecule has 6 heteroatoms. The highest BCUT2D eigenvalue weighted by Gasteiger charge is 2.22. The number of para-hydroxylation sites is 1. The van der Waals surface area contributed by atoms with Crippen molar-refractivity contribution in [2.45, 2.75) is 26.4 Å². The van der Waals surface area contributed by atoms with E-state index in [4.69, 9.17) is 20.8 Å². The summed E-state index contributed by atoms with van der Waals surface area (Å²) in [5.41, 5.74) is 3.01. The fraction of sp³-hybridized carbons (Fsp3) is 0.160. The van der Waals surface area contributed by atoms with E-state index in [-0.39, 0.29) is 5.58 Å². The van der Waals surface area contributed by atoms with Crippen LogP contribution >= 0.6 is 11.6 Å². The fourth-order valence-corrected chi connectivity index (χ4v) is 3.75. The third-order valence-corrected chi connectivity index (χ3v) is 5.49. The summed E-state index contributed by atoms with van der Waals surface area (Å²) in [4.78, 5) is 12.7. The molecule has 0 aliphatic heterocycles. The van der Waals surface area contributed by atoms with Crippen LogP contribution in [0.3, 0.4) is 0 Å². The number of hydrogen-bond acceptors (Lipinski definition) is 3. The van der Waals surface area contributed by atoms with Gasteiger partial charge in [0.2, 0.25) is 0 Å². The first-order chi connectivity index (χ1) is 15.0. The van der Waals surface area contributed by atoms with Gasteiger partial charge in [0.05, 0.1) is 5.69 Å². The quantitative estimate of drug-likeness (QED) is 0.347. The van der Waals surface area contributed by atoms with Gasteiger partial charge in [0.1, 0.15) is 6.10 Å². The number of furan rings is 1. The molecule has 1 heterocycles. The van der Waals surface area contributed by atoms with Gasteiger partial charge in [-0.15, -0.1) is 0 Å². The maximum atomic E-state index is 14.4. The van der Waals surface area contributed by atoms with E-state index in [1.165, 1.54) is 6.07 Å². The normalized spacial score (nSPS) is 12.0. The number of ether oxygens (including phenoxy) is 1. The van der Waals surface area contributed by atoms with Crippen molar-refractivity contribution in [3.05, 3.63) is 88.7 Å². The predicted octanol–water partition coefficient (Wildman–Crippen LogP) is 7.76. The number of anilines is 1. The maximum Gasteiger partial charge on any atom is 0.412 e. The van der Waals surface area contributed by atoms with E-state index in [0.29, 0.717) is 27.4 Å². The SMILES string of the molecule is CCc1ccc(-c2oc3c(F)cccc3c2NC(=O)OC(C)c2ccccc2Cl)cc1. The molecule has 1 aromatic heterocycles. The summed E-state index contributed by atoms with van der Waals surface area (Å²) in [7, 11) is 0. The second kappa shape index (κ2) is 8.82. The highest BCUT2D eigenvalue weighted by Crippen LogP contribution is 2.39. The van der Waals surface area contributed by atoms with Gasteiger partial charge in [-0.2, -0.15) is 0 Å². The van der Waals surface area contributed by atoms with E-state index in [1.807, 2.05) is 30.3 Å². The van der Waals surface area contributed by atoms with E-state index in [0.717, 1.165) is 17.5 Å². The van der Waals surface area contributed by atoms with Crippen LogP contribution in [0.1, 0.15) is 31.1 Å². The van der Waals surface area contributed by atoms with E-state index in [2.05, 4.69) is 12.2 Å². The summed E-state index contributed by atoms with van der Waals surface area (Å²) in [5, 5.41) is 3.71. The van der Waals surface area contributed by atoms with Crippen molar-refractivity contribution in [3.63, 3.8) is 0 Å². The van der Waals surface area contributed by atoms with Gasteiger partial charge in [-0.3, -0.25) is 5.32 Å². The van der Waals surface area contributed by atoms with E-state index in [9.17, 15) is 9.18 Å². The average molecular weight is 438 g/mol. The maximum absolute atomic E-state index is 14.4. The van der Waals surface area contributed by atoms with Crippen molar-refractivity contribution in [3.8, 4) is 11.3 Å². The lowest BCUT2D eigenvalue weighted by atomic mass is 10.1. The molecule has 4 rings (SSSR count). The summed E-state index contributed by atoms with van der Waals surface area (Å²) in [5.74, 6) is -0.139. The van der Waals surface area contributed by atoms with E-state index >= 15 is 0 Å². The minimum absolute atomic E-state index is 0.0755. The average Bonchev–Trinajstić information content (AvgIpc) is 3.13. The molecule has 158 valence electrons. The van der Waals surface area contributed by atoms with Crippen molar-refractivity contribution in [2.75, 3.05) is 5.32 Å². The Morgan fingerprint density at radius 1 is 1.10 bits per heavy atom. The van der Waals surface area contributed by atoms with Gasteiger partial charge in [-0.05, 0) is 37.1 Å². The summed E-state index contributed by atoms with van der Waals surface area (Å²) < 4.78 is 25.7. The van der Waals surface area contributed by atoms with Crippen LogP contribution in [-0.2, 0) is 11.2 Å². The zero-order valence-electron chi connectivity index (χ0n) is 17.1. The summed E-state index contributed by atoms with van der Waals surface area (Å²) in [6.45, 7) is 3.80. The van der Waals surface area contributed by atoms with Crippen LogP contribution in [0.4, 0.5) is 14.9 Å². The Labute approximate surface area is 184 Å². The van der Waals surface area contributed by atoms with Gasteiger partial charge in [-0.1, -0.05) is 67.1 Å². The molecule has 1 unspecified atom stereocenters. The van der Waals surface area contributed by atoms with Gasteiger partial charge in [0.25, 0.3) is 0 Å². The molecule has 1 atom stereocenters. The van der Waals surface area contributed by atoms with Crippen LogP contribution in [0.25, 0.3) is 22.3 Å². The molecule has 0 radical (unpaired) electrons. The highest BCUT2D eigenvalue weighted by atomic mass is 35.5. The molecule has 0 fully saturated rings. The van der Waals surface area contributed by atoms with E-state index in [1.54, 1.807) is 37.3 Å². The van der Waals surface area contributed by atoms with Crippen LogP contribution in [0, 0.1) is 5.82 Å². The summed E-state index contributed by atoms with van der Waals surface area (Å²) in [6, 6.07) is 19.5. The lowest BCUT2D eigenvalue weighted by Gasteiger charge is -2.15. The second-order valence-electron chi connectivity index (χ2n) is 7.17. The summed E-state index contributed by atoms with van der Waals surface area (Å²) >= 11 is 6.20. The van der Waals surface area contributed by atoms with Gasteiger partial charge in [0, 0.05) is 21.5 Å². The molecule has 3 aromatic carbocycles. The number of halogens is 2. The molecular formula is C25H21ClFNO3. The first-order valence-electron chi connectivity index (χ1n) is 10.00. The molecule has 0 aliphatic rings. The number of amides is 1. The van der Waals surface area contributed by atoms with Crippen LogP contribution in [-0.4, -0.2) is 6.09 Å². The number of fused-ring (bicyclic) bond motifs is 1. The van der Waals surface area contributed by atoms with Crippen LogP contribution in [0.15, 0.2) is 71.1 Å². The Kier molecular flexibility index (Phi) is 5.96.